The van der Waals surface area contributed by atoms with E-state index in [4.69, 9.17) is 0 Å². The van der Waals surface area contributed by atoms with E-state index in [9.17, 15) is 4.79 Å². The summed E-state index contributed by atoms with van der Waals surface area (Å²) in [5.41, 5.74) is 4.20. The highest BCUT2D eigenvalue weighted by molar-refractivity contribution is 5.70. The van der Waals surface area contributed by atoms with Crippen LogP contribution >= 0.6 is 0 Å². The van der Waals surface area contributed by atoms with Gasteiger partial charge < -0.3 is 0 Å². The molecule has 8 heteroatoms. The van der Waals surface area contributed by atoms with Gasteiger partial charge in [-0.15, -0.1) is 5.10 Å². The lowest BCUT2D eigenvalue weighted by atomic mass is 10.0. The van der Waals surface area contributed by atoms with Gasteiger partial charge in [0, 0.05) is 18.5 Å². The van der Waals surface area contributed by atoms with Crippen LogP contribution in [0.4, 0.5) is 0 Å². The van der Waals surface area contributed by atoms with Gasteiger partial charge in [0.1, 0.15) is 5.82 Å². The lowest BCUT2D eigenvalue weighted by molar-refractivity contribution is 0.529. The van der Waals surface area contributed by atoms with Crippen LogP contribution in [-0.4, -0.2) is 35.0 Å². The molecule has 8 nitrogen and oxygen atoms in total. The zero-order valence-electron chi connectivity index (χ0n) is 19.4. The summed E-state index contributed by atoms with van der Waals surface area (Å²) in [5.74, 6) is 1.53. The van der Waals surface area contributed by atoms with Crippen molar-refractivity contribution in [3.05, 3.63) is 70.4 Å². The zero-order chi connectivity index (χ0) is 23.0. The maximum atomic E-state index is 13.0. The molecule has 2 heterocycles. The Bertz CT molecular complexity index is 1210. The summed E-state index contributed by atoms with van der Waals surface area (Å²) in [6.07, 6.45) is 6.16. The fourth-order valence-corrected chi connectivity index (χ4v) is 3.93. The van der Waals surface area contributed by atoms with Crippen LogP contribution in [0, 0.1) is 0 Å². The third-order valence-electron chi connectivity index (χ3n) is 5.84. The fourth-order valence-electron chi connectivity index (χ4n) is 3.93. The molecule has 33 heavy (non-hydrogen) atoms. The number of tetrazole rings is 1. The quantitative estimate of drug-likeness (QED) is 0.344. The number of hydrogen-bond acceptors (Lipinski definition) is 5. The highest BCUT2D eigenvalue weighted by Crippen LogP contribution is 2.24. The first kappa shape index (κ1) is 22.6. The Morgan fingerprint density at radius 3 is 2.42 bits per heavy atom. The van der Waals surface area contributed by atoms with Crippen LogP contribution < -0.4 is 5.69 Å². The number of aromatic nitrogens is 7. The molecule has 0 radical (unpaired) electrons. The van der Waals surface area contributed by atoms with Crippen molar-refractivity contribution in [2.45, 2.75) is 65.5 Å². The monoisotopic (exact) mass is 445 g/mol. The highest BCUT2D eigenvalue weighted by Gasteiger charge is 2.13. The molecule has 0 aliphatic carbocycles. The summed E-state index contributed by atoms with van der Waals surface area (Å²) in [6, 6.07) is 16.5. The van der Waals surface area contributed by atoms with Gasteiger partial charge in [-0.1, -0.05) is 75.6 Å². The molecule has 172 valence electrons. The van der Waals surface area contributed by atoms with Gasteiger partial charge in [-0.2, -0.15) is 5.10 Å². The number of benzene rings is 2. The number of aromatic amines is 1. The standard InChI is InChI=1S/C25H31N7O/c1-3-5-7-16-32-25(33)31(23(28-32)11-6-4-2)18-19-12-14-20(15-13-19)21-9-8-10-22(17-21)24-26-29-30-27-24/h8-10,12-15,17H,3-7,11,16,18H2,1-2H3,(H,26,27,29,30). The molecule has 0 amide bonds. The molecule has 0 saturated heterocycles. The van der Waals surface area contributed by atoms with Gasteiger partial charge in [-0.3, -0.25) is 4.57 Å². The Balaban J connectivity index is 1.54. The first-order valence-corrected chi connectivity index (χ1v) is 11.8. The minimum Gasteiger partial charge on any atom is -0.274 e. The molecular weight excluding hydrogens is 414 g/mol. The molecule has 4 aromatic rings. The first-order chi connectivity index (χ1) is 16.2. The SMILES string of the molecule is CCCCCn1nc(CCCC)n(Cc2ccc(-c3cccc(-c4nnn[nH]4)c3)cc2)c1=O. The molecule has 1 N–H and O–H groups in total. The third-order valence-corrected chi connectivity index (χ3v) is 5.84. The Morgan fingerprint density at radius 2 is 1.70 bits per heavy atom. The van der Waals surface area contributed by atoms with Crippen LogP contribution in [0.5, 0.6) is 0 Å². The average molecular weight is 446 g/mol. The van der Waals surface area contributed by atoms with E-state index in [1.54, 1.807) is 4.68 Å². The number of H-pyrrole nitrogens is 1. The first-order valence-electron chi connectivity index (χ1n) is 11.8. The molecule has 2 aromatic heterocycles. The van der Waals surface area contributed by atoms with Crippen molar-refractivity contribution >= 4 is 0 Å². The summed E-state index contributed by atoms with van der Waals surface area (Å²) >= 11 is 0. The minimum absolute atomic E-state index is 0.00495. The molecule has 0 fully saturated rings. The zero-order valence-corrected chi connectivity index (χ0v) is 19.4. The van der Waals surface area contributed by atoms with E-state index in [0.29, 0.717) is 18.9 Å². The van der Waals surface area contributed by atoms with E-state index in [1.807, 2.05) is 16.7 Å². The van der Waals surface area contributed by atoms with Crippen LogP contribution in [0.25, 0.3) is 22.5 Å². The van der Waals surface area contributed by atoms with Crippen LogP contribution in [0.2, 0.25) is 0 Å². The molecule has 4 rings (SSSR count). The molecule has 0 bridgehead atoms. The minimum atomic E-state index is -0.00495. The normalized spacial score (nSPS) is 11.2. The van der Waals surface area contributed by atoms with Gasteiger partial charge in [0.25, 0.3) is 0 Å². The van der Waals surface area contributed by atoms with Crippen LogP contribution in [-0.2, 0) is 19.5 Å². The lowest BCUT2D eigenvalue weighted by Gasteiger charge is -2.08. The predicted octanol–water partition coefficient (Wildman–Crippen LogP) is 4.47. The van der Waals surface area contributed by atoms with Gasteiger partial charge in [-0.25, -0.2) is 14.6 Å². The number of nitrogens with zero attached hydrogens (tertiary/aromatic N) is 6. The van der Waals surface area contributed by atoms with E-state index >= 15 is 0 Å². The Hall–Kier alpha value is -3.55. The Kier molecular flexibility index (Phi) is 7.44. The van der Waals surface area contributed by atoms with E-state index in [2.05, 4.69) is 76.0 Å². The second-order valence-corrected chi connectivity index (χ2v) is 8.35. The highest BCUT2D eigenvalue weighted by atomic mass is 16.2. The molecule has 0 unspecified atom stereocenters. The molecule has 0 aliphatic rings. The van der Waals surface area contributed by atoms with E-state index in [1.165, 1.54) is 0 Å². The Labute approximate surface area is 193 Å². The topological polar surface area (TPSA) is 94.3 Å². The number of rotatable bonds is 11. The third kappa shape index (κ3) is 5.45. The molecule has 0 saturated carbocycles. The maximum absolute atomic E-state index is 13.0. The van der Waals surface area contributed by atoms with Crippen molar-refractivity contribution in [1.82, 2.24) is 35.0 Å². The molecule has 0 spiro atoms. The van der Waals surface area contributed by atoms with Crippen molar-refractivity contribution in [1.29, 1.82) is 0 Å². The van der Waals surface area contributed by atoms with Gasteiger partial charge in [0.15, 0.2) is 5.82 Å². The number of aryl methyl sites for hydroxylation is 2. The van der Waals surface area contributed by atoms with Gasteiger partial charge in [-0.05, 0) is 46.0 Å². The van der Waals surface area contributed by atoms with Gasteiger partial charge in [0.05, 0.1) is 6.54 Å². The van der Waals surface area contributed by atoms with Crippen LogP contribution in [0.15, 0.2) is 53.3 Å². The summed E-state index contributed by atoms with van der Waals surface area (Å²) in [5, 5.41) is 18.8. The molecular formula is C25H31N7O. The van der Waals surface area contributed by atoms with Crippen LogP contribution in [0.1, 0.15) is 57.3 Å². The van der Waals surface area contributed by atoms with Crippen molar-refractivity contribution in [2.24, 2.45) is 0 Å². The summed E-state index contributed by atoms with van der Waals surface area (Å²) in [6.45, 7) is 5.55. The van der Waals surface area contributed by atoms with Crippen molar-refractivity contribution in [3.8, 4) is 22.5 Å². The average Bonchev–Trinajstić information content (AvgIpc) is 3.48. The summed E-state index contributed by atoms with van der Waals surface area (Å²) in [7, 11) is 0. The van der Waals surface area contributed by atoms with Crippen molar-refractivity contribution in [3.63, 3.8) is 0 Å². The predicted molar refractivity (Wildman–Crippen MR) is 129 cm³/mol. The molecule has 0 atom stereocenters. The fraction of sp³-hybridized carbons (Fsp3) is 0.400. The largest absolute Gasteiger partial charge is 0.346 e. The molecule has 2 aromatic carbocycles. The van der Waals surface area contributed by atoms with Crippen molar-refractivity contribution in [2.75, 3.05) is 0 Å². The van der Waals surface area contributed by atoms with Crippen LogP contribution in [0.3, 0.4) is 0 Å². The number of unbranched alkanes of at least 4 members (excludes halogenated alkanes) is 3. The summed E-state index contributed by atoms with van der Waals surface area (Å²) in [4.78, 5) is 13.0. The van der Waals surface area contributed by atoms with Crippen molar-refractivity contribution < 1.29 is 0 Å². The molecule has 0 aliphatic heterocycles. The van der Waals surface area contributed by atoms with E-state index in [0.717, 1.165) is 66.6 Å². The Morgan fingerprint density at radius 1 is 0.909 bits per heavy atom. The van der Waals surface area contributed by atoms with E-state index < -0.39 is 0 Å². The lowest BCUT2D eigenvalue weighted by Crippen LogP contribution is -2.26. The second kappa shape index (κ2) is 10.8. The van der Waals surface area contributed by atoms with Gasteiger partial charge >= 0.3 is 5.69 Å². The second-order valence-electron chi connectivity index (χ2n) is 8.35. The summed E-state index contributed by atoms with van der Waals surface area (Å²) < 4.78 is 3.49. The van der Waals surface area contributed by atoms with E-state index in [-0.39, 0.29) is 5.69 Å². The number of hydrogen-bond donors (Lipinski definition) is 1. The maximum Gasteiger partial charge on any atom is 0.346 e. The smallest absolute Gasteiger partial charge is 0.274 e. The number of nitrogens with one attached hydrogen (secondary N) is 1. The van der Waals surface area contributed by atoms with Gasteiger partial charge in [0.2, 0.25) is 0 Å².